The second-order valence-electron chi connectivity index (χ2n) is 5.19. The van der Waals surface area contributed by atoms with Crippen molar-refractivity contribution in [1.29, 1.82) is 0 Å². The van der Waals surface area contributed by atoms with Gasteiger partial charge in [0, 0.05) is 18.6 Å². The maximum atomic E-state index is 11.9. The number of hydrogen-bond acceptors (Lipinski definition) is 3. The van der Waals surface area contributed by atoms with Gasteiger partial charge in [0.1, 0.15) is 11.9 Å². The number of aliphatic carboxylic acids is 1. The Bertz CT molecular complexity index is 524. The number of rotatable bonds is 7. The van der Waals surface area contributed by atoms with E-state index in [1.807, 2.05) is 6.92 Å². The van der Waals surface area contributed by atoms with Gasteiger partial charge in [0.05, 0.1) is 12.5 Å². The van der Waals surface area contributed by atoms with E-state index in [4.69, 9.17) is 21.4 Å². The van der Waals surface area contributed by atoms with Crippen LogP contribution in [0.1, 0.15) is 13.8 Å². The van der Waals surface area contributed by atoms with E-state index in [1.54, 1.807) is 38.2 Å². The number of carbonyl (C=O) groups excluding carboxylic acids is 1. The summed E-state index contributed by atoms with van der Waals surface area (Å²) in [6.07, 6.45) is -0.243. The Morgan fingerprint density at radius 1 is 1.41 bits per heavy atom. The molecule has 0 aliphatic heterocycles. The molecule has 2 unspecified atom stereocenters. The molecule has 0 fully saturated rings. The molecule has 1 rings (SSSR count). The van der Waals surface area contributed by atoms with Crippen LogP contribution in [0.15, 0.2) is 24.3 Å². The maximum absolute atomic E-state index is 11.9. The minimum Gasteiger partial charge on any atom is -0.489 e. The van der Waals surface area contributed by atoms with Crippen LogP contribution in [-0.4, -0.2) is 48.2 Å². The van der Waals surface area contributed by atoms with Crippen molar-refractivity contribution in [3.8, 4) is 5.75 Å². The van der Waals surface area contributed by atoms with E-state index in [1.165, 1.54) is 4.90 Å². The molecule has 0 saturated carbocycles. The molecule has 0 heterocycles. The lowest BCUT2D eigenvalue weighted by molar-refractivity contribution is -0.141. The number of nitrogens with one attached hydrogen (secondary N) is 1. The Labute approximate surface area is 135 Å². The SMILES string of the molecule is CC(CNC(=O)N(C)CC(C)C(=O)O)Oc1cccc(Cl)c1. The normalized spacial score (nSPS) is 13.1. The summed E-state index contributed by atoms with van der Waals surface area (Å²) in [5.74, 6) is -0.921. The molecule has 2 amide bonds. The molecule has 0 bridgehead atoms. The van der Waals surface area contributed by atoms with Gasteiger partial charge in [-0.1, -0.05) is 24.6 Å². The van der Waals surface area contributed by atoms with Crippen LogP contribution in [0.25, 0.3) is 0 Å². The number of ether oxygens (including phenoxy) is 1. The van der Waals surface area contributed by atoms with E-state index in [0.717, 1.165) is 0 Å². The zero-order valence-electron chi connectivity index (χ0n) is 12.9. The Morgan fingerprint density at radius 2 is 2.09 bits per heavy atom. The Kier molecular flexibility index (Phi) is 6.98. The van der Waals surface area contributed by atoms with E-state index >= 15 is 0 Å². The molecule has 7 heteroatoms. The van der Waals surface area contributed by atoms with Crippen molar-refractivity contribution in [3.05, 3.63) is 29.3 Å². The number of carbonyl (C=O) groups is 2. The van der Waals surface area contributed by atoms with Gasteiger partial charge in [-0.2, -0.15) is 0 Å². The number of benzene rings is 1. The highest BCUT2D eigenvalue weighted by Crippen LogP contribution is 2.18. The maximum Gasteiger partial charge on any atom is 0.317 e. The van der Waals surface area contributed by atoms with Gasteiger partial charge in [0.15, 0.2) is 0 Å². The van der Waals surface area contributed by atoms with Crippen molar-refractivity contribution in [2.45, 2.75) is 20.0 Å². The number of carboxylic acids is 1. The number of carboxylic acid groups (broad SMARTS) is 1. The first-order valence-corrected chi connectivity index (χ1v) is 7.31. The van der Waals surface area contributed by atoms with E-state index < -0.39 is 11.9 Å². The lowest BCUT2D eigenvalue weighted by Gasteiger charge is -2.22. The molecule has 22 heavy (non-hydrogen) atoms. The second-order valence-corrected chi connectivity index (χ2v) is 5.63. The summed E-state index contributed by atoms with van der Waals surface area (Å²) in [6.45, 7) is 3.82. The summed E-state index contributed by atoms with van der Waals surface area (Å²) in [5, 5.41) is 12.1. The Morgan fingerprint density at radius 3 is 2.68 bits per heavy atom. The van der Waals surface area contributed by atoms with Crippen molar-refractivity contribution < 1.29 is 19.4 Å². The zero-order valence-corrected chi connectivity index (χ0v) is 13.6. The highest BCUT2D eigenvalue weighted by molar-refractivity contribution is 6.30. The highest BCUT2D eigenvalue weighted by Gasteiger charge is 2.17. The Balaban J connectivity index is 2.38. The van der Waals surface area contributed by atoms with Crippen molar-refractivity contribution in [3.63, 3.8) is 0 Å². The topological polar surface area (TPSA) is 78.9 Å². The number of nitrogens with zero attached hydrogens (tertiary/aromatic N) is 1. The molecule has 122 valence electrons. The van der Waals surface area contributed by atoms with E-state index in [2.05, 4.69) is 5.32 Å². The summed E-state index contributed by atoms with van der Waals surface area (Å²) in [6, 6.07) is 6.67. The van der Waals surface area contributed by atoms with Gasteiger partial charge < -0.3 is 20.1 Å². The van der Waals surface area contributed by atoms with Crippen LogP contribution in [0.2, 0.25) is 5.02 Å². The Hall–Kier alpha value is -1.95. The number of halogens is 1. The molecule has 1 aromatic carbocycles. The standard InChI is InChI=1S/C15H21ClN2O4/c1-10(14(19)20)9-18(3)15(21)17-8-11(2)22-13-6-4-5-12(16)7-13/h4-7,10-11H,8-9H2,1-3H3,(H,17,21)(H,19,20). The molecule has 0 radical (unpaired) electrons. The predicted octanol–water partition coefficient (Wildman–Crippen LogP) is 2.47. The van der Waals surface area contributed by atoms with Crippen LogP contribution in [0.3, 0.4) is 0 Å². The van der Waals surface area contributed by atoms with Gasteiger partial charge in [-0.25, -0.2) is 4.79 Å². The summed E-state index contributed by atoms with van der Waals surface area (Å²) in [7, 11) is 1.55. The van der Waals surface area contributed by atoms with Gasteiger partial charge in [-0.15, -0.1) is 0 Å². The molecule has 0 aliphatic rings. The van der Waals surface area contributed by atoms with Crippen LogP contribution >= 0.6 is 11.6 Å². The van der Waals surface area contributed by atoms with Crippen molar-refractivity contribution in [2.24, 2.45) is 5.92 Å². The quantitative estimate of drug-likeness (QED) is 0.806. The summed E-state index contributed by atoms with van der Waals surface area (Å²) >= 11 is 5.87. The second kappa shape index (κ2) is 8.48. The zero-order chi connectivity index (χ0) is 16.7. The molecule has 0 aliphatic carbocycles. The first-order chi connectivity index (χ1) is 10.3. The molecule has 2 N–H and O–H groups in total. The van der Waals surface area contributed by atoms with Crippen LogP contribution in [0, 0.1) is 5.92 Å². The third-order valence-corrected chi connectivity index (χ3v) is 3.23. The average molecular weight is 329 g/mol. The summed E-state index contributed by atoms with van der Waals surface area (Å²) < 4.78 is 5.63. The van der Waals surface area contributed by atoms with Crippen LogP contribution in [0.5, 0.6) is 5.75 Å². The van der Waals surface area contributed by atoms with Crippen LogP contribution in [-0.2, 0) is 4.79 Å². The molecule has 0 spiro atoms. The minimum absolute atomic E-state index is 0.144. The highest BCUT2D eigenvalue weighted by atomic mass is 35.5. The third kappa shape index (κ3) is 6.22. The van der Waals surface area contributed by atoms with Gasteiger partial charge >= 0.3 is 12.0 Å². The lowest BCUT2D eigenvalue weighted by atomic mass is 10.2. The molecule has 0 aromatic heterocycles. The van der Waals surface area contributed by atoms with Gasteiger partial charge in [-0.3, -0.25) is 4.79 Å². The van der Waals surface area contributed by atoms with Gasteiger partial charge in [0.2, 0.25) is 0 Å². The predicted molar refractivity (Wildman–Crippen MR) is 84.4 cm³/mol. The number of hydrogen-bond donors (Lipinski definition) is 2. The molecular weight excluding hydrogens is 308 g/mol. The fourth-order valence-corrected chi connectivity index (χ4v) is 1.93. The number of amides is 2. The molecular formula is C15H21ClN2O4. The summed E-state index contributed by atoms with van der Waals surface area (Å²) in [5.41, 5.74) is 0. The molecule has 2 atom stereocenters. The van der Waals surface area contributed by atoms with Crippen LogP contribution in [0.4, 0.5) is 4.79 Å². The van der Waals surface area contributed by atoms with Gasteiger partial charge in [-0.05, 0) is 25.1 Å². The van der Waals surface area contributed by atoms with Gasteiger partial charge in [0.25, 0.3) is 0 Å². The average Bonchev–Trinajstić information content (AvgIpc) is 2.44. The monoisotopic (exact) mass is 328 g/mol. The van der Waals surface area contributed by atoms with Crippen molar-refractivity contribution in [2.75, 3.05) is 20.1 Å². The lowest BCUT2D eigenvalue weighted by Crippen LogP contribution is -2.43. The fourth-order valence-electron chi connectivity index (χ4n) is 1.75. The summed E-state index contributed by atoms with van der Waals surface area (Å²) in [4.78, 5) is 24.0. The minimum atomic E-state index is -0.933. The van der Waals surface area contributed by atoms with E-state index in [-0.39, 0.29) is 18.7 Å². The van der Waals surface area contributed by atoms with E-state index in [0.29, 0.717) is 17.3 Å². The number of urea groups is 1. The van der Waals surface area contributed by atoms with E-state index in [9.17, 15) is 9.59 Å². The molecule has 6 nitrogen and oxygen atoms in total. The fraction of sp³-hybridized carbons (Fsp3) is 0.467. The van der Waals surface area contributed by atoms with Crippen LogP contribution < -0.4 is 10.1 Å². The first-order valence-electron chi connectivity index (χ1n) is 6.93. The largest absolute Gasteiger partial charge is 0.489 e. The third-order valence-electron chi connectivity index (χ3n) is 2.99. The first kappa shape index (κ1) is 18.1. The smallest absolute Gasteiger partial charge is 0.317 e. The van der Waals surface area contributed by atoms with Crippen molar-refractivity contribution in [1.82, 2.24) is 10.2 Å². The van der Waals surface area contributed by atoms with Crippen molar-refractivity contribution >= 4 is 23.6 Å². The molecule has 0 saturated heterocycles. The molecule has 1 aromatic rings.